The first-order valence-corrected chi connectivity index (χ1v) is 5.30. The van der Waals surface area contributed by atoms with Gasteiger partial charge in [0, 0.05) is 25.0 Å². The van der Waals surface area contributed by atoms with Gasteiger partial charge >= 0.3 is 0 Å². The highest BCUT2D eigenvalue weighted by Gasteiger charge is 2.05. The number of nitrogens with zero attached hydrogens (tertiary/aromatic N) is 3. The van der Waals surface area contributed by atoms with Crippen molar-refractivity contribution < 1.29 is 0 Å². The van der Waals surface area contributed by atoms with E-state index < -0.39 is 0 Å². The van der Waals surface area contributed by atoms with Crippen LogP contribution in [0.1, 0.15) is 12.6 Å². The predicted octanol–water partition coefficient (Wildman–Crippen LogP) is 2.14. The van der Waals surface area contributed by atoms with E-state index in [2.05, 4.69) is 27.2 Å². The number of aryl methyl sites for hydroxylation is 1. The summed E-state index contributed by atoms with van der Waals surface area (Å²) < 4.78 is 0. The molecule has 0 bridgehead atoms. The molecule has 0 spiro atoms. The lowest BCUT2D eigenvalue weighted by atomic mass is 10.3. The lowest BCUT2D eigenvalue weighted by Crippen LogP contribution is -2.00. The minimum atomic E-state index is 0.671. The van der Waals surface area contributed by atoms with Crippen LogP contribution in [0.2, 0.25) is 0 Å². The molecule has 82 valence electrons. The van der Waals surface area contributed by atoms with Crippen LogP contribution in [-0.4, -0.2) is 22.0 Å². The summed E-state index contributed by atoms with van der Waals surface area (Å²) in [5.74, 6) is 1.50. The van der Waals surface area contributed by atoms with E-state index in [9.17, 15) is 0 Å². The van der Waals surface area contributed by atoms with Crippen molar-refractivity contribution in [1.29, 1.82) is 0 Å². The zero-order valence-electron chi connectivity index (χ0n) is 9.44. The summed E-state index contributed by atoms with van der Waals surface area (Å²) in [6.07, 6.45) is 2.63. The first-order chi connectivity index (χ1) is 7.83. The van der Waals surface area contributed by atoms with Gasteiger partial charge in [0.25, 0.3) is 0 Å². The van der Waals surface area contributed by atoms with Crippen LogP contribution < -0.4 is 5.32 Å². The zero-order chi connectivity index (χ0) is 11.4. The van der Waals surface area contributed by atoms with Gasteiger partial charge in [-0.3, -0.25) is 4.98 Å². The molecule has 0 atom stereocenters. The molecule has 16 heavy (non-hydrogen) atoms. The summed E-state index contributed by atoms with van der Waals surface area (Å²) in [6.45, 7) is 2.07. The van der Waals surface area contributed by atoms with E-state index in [4.69, 9.17) is 0 Å². The maximum absolute atomic E-state index is 4.46. The Bertz CT molecular complexity index is 445. The quantitative estimate of drug-likeness (QED) is 0.850. The molecule has 0 amide bonds. The van der Waals surface area contributed by atoms with E-state index in [1.54, 1.807) is 6.20 Å². The van der Waals surface area contributed by atoms with Gasteiger partial charge in [0.2, 0.25) is 0 Å². The van der Waals surface area contributed by atoms with Crippen LogP contribution >= 0.6 is 0 Å². The molecule has 2 rings (SSSR count). The Morgan fingerprint density at radius 1 is 1.25 bits per heavy atom. The van der Waals surface area contributed by atoms with Crippen molar-refractivity contribution in [3.8, 4) is 11.5 Å². The number of rotatable bonds is 3. The Hall–Kier alpha value is -1.97. The van der Waals surface area contributed by atoms with Crippen molar-refractivity contribution in [2.24, 2.45) is 0 Å². The van der Waals surface area contributed by atoms with E-state index in [0.29, 0.717) is 5.82 Å². The van der Waals surface area contributed by atoms with E-state index in [1.165, 1.54) is 0 Å². The summed E-state index contributed by atoms with van der Waals surface area (Å²) in [6, 6.07) is 7.68. The first kappa shape index (κ1) is 10.5. The number of hydrogen-bond donors (Lipinski definition) is 1. The first-order valence-electron chi connectivity index (χ1n) is 5.30. The second-order valence-electron chi connectivity index (χ2n) is 3.39. The molecule has 2 heterocycles. The summed E-state index contributed by atoms with van der Waals surface area (Å²) >= 11 is 0. The van der Waals surface area contributed by atoms with Crippen molar-refractivity contribution in [2.75, 3.05) is 12.4 Å². The summed E-state index contributed by atoms with van der Waals surface area (Å²) in [7, 11) is 1.85. The molecule has 0 radical (unpaired) electrons. The van der Waals surface area contributed by atoms with Crippen LogP contribution in [0, 0.1) is 0 Å². The van der Waals surface area contributed by atoms with Gasteiger partial charge < -0.3 is 5.32 Å². The molecule has 4 nitrogen and oxygen atoms in total. The molecule has 0 fully saturated rings. The Morgan fingerprint density at radius 3 is 2.75 bits per heavy atom. The molecule has 2 aromatic heterocycles. The predicted molar refractivity (Wildman–Crippen MR) is 64.2 cm³/mol. The Balaban J connectivity index is 2.48. The summed E-state index contributed by atoms with van der Waals surface area (Å²) in [4.78, 5) is 13.1. The van der Waals surface area contributed by atoms with Crippen LogP contribution in [0.15, 0.2) is 30.5 Å². The van der Waals surface area contributed by atoms with Gasteiger partial charge in [-0.1, -0.05) is 13.0 Å². The van der Waals surface area contributed by atoms with E-state index >= 15 is 0 Å². The third kappa shape index (κ3) is 2.16. The lowest BCUT2D eigenvalue weighted by molar-refractivity contribution is 0.998. The second-order valence-corrected chi connectivity index (χ2v) is 3.39. The van der Waals surface area contributed by atoms with Gasteiger partial charge in [-0.2, -0.15) is 0 Å². The molecule has 0 aliphatic rings. The SMILES string of the molecule is CCc1cc(NC)nc(-c2ccccn2)n1. The maximum atomic E-state index is 4.46. The Kier molecular flexibility index (Phi) is 3.10. The van der Waals surface area contributed by atoms with Crippen LogP contribution in [0.4, 0.5) is 5.82 Å². The van der Waals surface area contributed by atoms with Crippen molar-refractivity contribution >= 4 is 5.82 Å². The third-order valence-corrected chi connectivity index (χ3v) is 2.29. The van der Waals surface area contributed by atoms with Gasteiger partial charge in [-0.05, 0) is 18.6 Å². The lowest BCUT2D eigenvalue weighted by Gasteiger charge is -2.05. The molecule has 0 aliphatic carbocycles. The molecule has 2 aromatic rings. The molecule has 4 heteroatoms. The summed E-state index contributed by atoms with van der Waals surface area (Å²) in [5, 5.41) is 3.03. The van der Waals surface area contributed by atoms with E-state index in [-0.39, 0.29) is 0 Å². The number of pyridine rings is 1. The molecule has 0 aromatic carbocycles. The van der Waals surface area contributed by atoms with Gasteiger partial charge in [-0.15, -0.1) is 0 Å². The molecule has 1 N–H and O–H groups in total. The molecule has 0 saturated carbocycles. The Morgan fingerprint density at radius 2 is 2.12 bits per heavy atom. The number of aromatic nitrogens is 3. The highest BCUT2D eigenvalue weighted by Crippen LogP contribution is 2.15. The molecular weight excluding hydrogens is 200 g/mol. The Labute approximate surface area is 94.8 Å². The smallest absolute Gasteiger partial charge is 0.180 e. The fraction of sp³-hybridized carbons (Fsp3) is 0.250. The van der Waals surface area contributed by atoms with Crippen molar-refractivity contribution in [3.63, 3.8) is 0 Å². The van der Waals surface area contributed by atoms with Gasteiger partial charge in [0.1, 0.15) is 11.5 Å². The second kappa shape index (κ2) is 4.70. The topological polar surface area (TPSA) is 50.7 Å². The zero-order valence-corrected chi connectivity index (χ0v) is 9.44. The van der Waals surface area contributed by atoms with E-state index in [0.717, 1.165) is 23.6 Å². The number of hydrogen-bond acceptors (Lipinski definition) is 4. The molecule has 0 aliphatic heterocycles. The van der Waals surface area contributed by atoms with Crippen LogP contribution in [0.5, 0.6) is 0 Å². The largest absolute Gasteiger partial charge is 0.373 e. The minimum Gasteiger partial charge on any atom is -0.373 e. The highest BCUT2D eigenvalue weighted by atomic mass is 15.0. The van der Waals surface area contributed by atoms with Crippen LogP contribution in [-0.2, 0) is 6.42 Å². The number of nitrogens with one attached hydrogen (secondary N) is 1. The average molecular weight is 214 g/mol. The van der Waals surface area contributed by atoms with Crippen LogP contribution in [0.3, 0.4) is 0 Å². The van der Waals surface area contributed by atoms with Crippen molar-refractivity contribution in [1.82, 2.24) is 15.0 Å². The summed E-state index contributed by atoms with van der Waals surface area (Å²) in [5.41, 5.74) is 1.81. The monoisotopic (exact) mass is 214 g/mol. The maximum Gasteiger partial charge on any atom is 0.180 e. The van der Waals surface area contributed by atoms with Crippen molar-refractivity contribution in [2.45, 2.75) is 13.3 Å². The van der Waals surface area contributed by atoms with Gasteiger partial charge in [0.05, 0.1) is 0 Å². The fourth-order valence-corrected chi connectivity index (χ4v) is 1.42. The highest BCUT2D eigenvalue weighted by molar-refractivity contribution is 5.52. The normalized spacial score (nSPS) is 10.1. The average Bonchev–Trinajstić information content (AvgIpc) is 2.39. The van der Waals surface area contributed by atoms with Crippen LogP contribution in [0.25, 0.3) is 11.5 Å². The van der Waals surface area contributed by atoms with Crippen molar-refractivity contribution in [3.05, 3.63) is 36.2 Å². The molecule has 0 saturated heterocycles. The third-order valence-electron chi connectivity index (χ3n) is 2.29. The van der Waals surface area contributed by atoms with Gasteiger partial charge in [-0.25, -0.2) is 9.97 Å². The standard InChI is InChI=1S/C12H14N4/c1-3-9-8-11(13-2)16-12(15-9)10-6-4-5-7-14-10/h4-8H,3H2,1-2H3,(H,13,15,16). The minimum absolute atomic E-state index is 0.671. The van der Waals surface area contributed by atoms with E-state index in [1.807, 2.05) is 31.3 Å². The number of anilines is 1. The molecule has 0 unspecified atom stereocenters. The fourth-order valence-electron chi connectivity index (χ4n) is 1.42. The molecular formula is C12H14N4. The van der Waals surface area contributed by atoms with Gasteiger partial charge in [0.15, 0.2) is 5.82 Å².